The van der Waals surface area contributed by atoms with Crippen molar-refractivity contribution in [3.63, 3.8) is 0 Å². The van der Waals surface area contributed by atoms with E-state index in [-0.39, 0.29) is 0 Å². The van der Waals surface area contributed by atoms with E-state index < -0.39 is 0 Å². The lowest BCUT2D eigenvalue weighted by molar-refractivity contribution is 0.328. The maximum atomic E-state index is 5.39. The molecule has 1 aromatic heterocycles. The fourth-order valence-corrected chi connectivity index (χ4v) is 1.43. The molecule has 0 fully saturated rings. The number of benzene rings is 1. The highest BCUT2D eigenvalue weighted by Crippen LogP contribution is 2.18. The Morgan fingerprint density at radius 3 is 2.37 bits per heavy atom. The van der Waals surface area contributed by atoms with Crippen molar-refractivity contribution in [3.05, 3.63) is 36.7 Å². The van der Waals surface area contributed by atoms with Crippen LogP contribution in [0.4, 0.5) is 11.6 Å². The van der Waals surface area contributed by atoms with Gasteiger partial charge in [-0.1, -0.05) is 0 Å². The van der Waals surface area contributed by atoms with Gasteiger partial charge in [-0.05, 0) is 24.3 Å². The van der Waals surface area contributed by atoms with Gasteiger partial charge in [0.2, 0.25) is 5.95 Å². The molecule has 0 bridgehead atoms. The number of nitrogens with zero attached hydrogens (tertiary/aromatic N) is 2. The van der Waals surface area contributed by atoms with Gasteiger partial charge < -0.3 is 20.5 Å². The quantitative estimate of drug-likeness (QED) is 0.820. The standard InChI is InChI=1S/C13H16N4O2/c1-18-12-8-15-13(16-9-12)17-10-2-4-11(5-3-10)19-7-6-14/h2-5,8-9H,6-7,14H2,1H3,(H,15,16,17). The number of nitrogens with two attached hydrogens (primary N) is 1. The molecule has 0 unspecified atom stereocenters. The Hall–Kier alpha value is -2.34. The summed E-state index contributed by atoms with van der Waals surface area (Å²) in [6.07, 6.45) is 3.21. The highest BCUT2D eigenvalue weighted by molar-refractivity contribution is 5.54. The number of aromatic nitrogens is 2. The monoisotopic (exact) mass is 260 g/mol. The summed E-state index contributed by atoms with van der Waals surface area (Å²) in [6.45, 7) is 1.01. The highest BCUT2D eigenvalue weighted by atomic mass is 16.5. The molecule has 6 nitrogen and oxygen atoms in total. The van der Waals surface area contributed by atoms with Gasteiger partial charge >= 0.3 is 0 Å². The van der Waals surface area contributed by atoms with Crippen molar-refractivity contribution in [1.29, 1.82) is 0 Å². The average Bonchev–Trinajstić information content (AvgIpc) is 2.47. The molecule has 0 aliphatic heterocycles. The summed E-state index contributed by atoms with van der Waals surface area (Å²) in [5, 5.41) is 3.08. The van der Waals surface area contributed by atoms with Gasteiger partial charge in [0.05, 0.1) is 19.5 Å². The zero-order valence-corrected chi connectivity index (χ0v) is 10.7. The van der Waals surface area contributed by atoms with Crippen molar-refractivity contribution in [2.45, 2.75) is 0 Å². The summed E-state index contributed by atoms with van der Waals surface area (Å²) >= 11 is 0. The molecule has 1 aromatic carbocycles. The predicted molar refractivity (Wildman–Crippen MR) is 72.9 cm³/mol. The molecule has 100 valence electrons. The normalized spacial score (nSPS) is 10.0. The van der Waals surface area contributed by atoms with Crippen molar-refractivity contribution in [1.82, 2.24) is 9.97 Å². The van der Waals surface area contributed by atoms with Gasteiger partial charge in [0, 0.05) is 12.2 Å². The molecular weight excluding hydrogens is 244 g/mol. The number of methoxy groups -OCH3 is 1. The van der Waals surface area contributed by atoms with Crippen LogP contribution in [0.2, 0.25) is 0 Å². The Bertz CT molecular complexity index is 499. The van der Waals surface area contributed by atoms with Crippen LogP contribution < -0.4 is 20.5 Å². The van der Waals surface area contributed by atoms with Crippen molar-refractivity contribution in [3.8, 4) is 11.5 Å². The van der Waals surface area contributed by atoms with Crippen molar-refractivity contribution in [2.24, 2.45) is 5.73 Å². The first-order chi connectivity index (χ1) is 9.31. The number of anilines is 2. The van der Waals surface area contributed by atoms with Gasteiger partial charge in [0.1, 0.15) is 12.4 Å². The van der Waals surface area contributed by atoms with Crippen LogP contribution in [-0.2, 0) is 0 Å². The third-order valence-corrected chi connectivity index (χ3v) is 2.36. The second kappa shape index (κ2) is 6.55. The number of nitrogens with one attached hydrogen (secondary N) is 1. The second-order valence-corrected chi connectivity index (χ2v) is 3.73. The Morgan fingerprint density at radius 2 is 1.79 bits per heavy atom. The fourth-order valence-electron chi connectivity index (χ4n) is 1.43. The number of hydrogen-bond acceptors (Lipinski definition) is 6. The number of hydrogen-bond donors (Lipinski definition) is 2. The lowest BCUT2D eigenvalue weighted by Gasteiger charge is -2.07. The lowest BCUT2D eigenvalue weighted by atomic mass is 10.3. The summed E-state index contributed by atoms with van der Waals surface area (Å²) in [5.41, 5.74) is 6.25. The average molecular weight is 260 g/mol. The highest BCUT2D eigenvalue weighted by Gasteiger charge is 1.99. The van der Waals surface area contributed by atoms with E-state index in [9.17, 15) is 0 Å². The molecule has 2 rings (SSSR count). The van der Waals surface area contributed by atoms with Gasteiger partial charge in [-0.2, -0.15) is 0 Å². The summed E-state index contributed by atoms with van der Waals surface area (Å²) in [7, 11) is 1.58. The van der Waals surface area contributed by atoms with Crippen molar-refractivity contribution >= 4 is 11.6 Å². The fraction of sp³-hybridized carbons (Fsp3) is 0.231. The summed E-state index contributed by atoms with van der Waals surface area (Å²) in [6, 6.07) is 7.50. The lowest BCUT2D eigenvalue weighted by Crippen LogP contribution is -2.10. The van der Waals surface area contributed by atoms with Gasteiger partial charge in [0.25, 0.3) is 0 Å². The van der Waals surface area contributed by atoms with Gasteiger partial charge in [0.15, 0.2) is 5.75 Å². The molecule has 2 aromatic rings. The van der Waals surface area contributed by atoms with Crippen LogP contribution in [0.5, 0.6) is 11.5 Å². The van der Waals surface area contributed by atoms with Crippen LogP contribution in [0.3, 0.4) is 0 Å². The van der Waals surface area contributed by atoms with Crippen LogP contribution in [0, 0.1) is 0 Å². The van der Waals surface area contributed by atoms with Crippen LogP contribution in [-0.4, -0.2) is 30.2 Å². The van der Waals surface area contributed by atoms with Gasteiger partial charge in [-0.15, -0.1) is 0 Å². The van der Waals surface area contributed by atoms with Crippen molar-refractivity contribution < 1.29 is 9.47 Å². The molecule has 19 heavy (non-hydrogen) atoms. The van der Waals surface area contributed by atoms with E-state index >= 15 is 0 Å². The van der Waals surface area contributed by atoms with E-state index in [0.717, 1.165) is 11.4 Å². The molecule has 0 saturated carbocycles. The van der Waals surface area contributed by atoms with E-state index in [1.54, 1.807) is 19.5 Å². The molecule has 0 atom stereocenters. The number of ether oxygens (including phenoxy) is 2. The maximum absolute atomic E-state index is 5.39. The zero-order chi connectivity index (χ0) is 13.5. The molecule has 0 radical (unpaired) electrons. The van der Waals surface area contributed by atoms with Crippen LogP contribution in [0.25, 0.3) is 0 Å². The molecule has 0 aliphatic carbocycles. The van der Waals surface area contributed by atoms with Crippen LogP contribution in [0.1, 0.15) is 0 Å². The first kappa shape index (κ1) is 13.1. The first-order valence-corrected chi connectivity index (χ1v) is 5.88. The number of rotatable bonds is 6. The molecule has 0 amide bonds. The topological polar surface area (TPSA) is 82.3 Å². The summed E-state index contributed by atoms with van der Waals surface area (Å²) in [4.78, 5) is 8.24. The molecule has 3 N–H and O–H groups in total. The van der Waals surface area contributed by atoms with E-state index in [2.05, 4.69) is 15.3 Å². The Balaban J connectivity index is 1.98. The second-order valence-electron chi connectivity index (χ2n) is 3.73. The molecule has 1 heterocycles. The Kier molecular flexibility index (Phi) is 4.52. The molecule has 0 spiro atoms. The molecule has 6 heteroatoms. The minimum Gasteiger partial charge on any atom is -0.494 e. The van der Waals surface area contributed by atoms with E-state index in [1.165, 1.54) is 0 Å². The van der Waals surface area contributed by atoms with E-state index in [1.807, 2.05) is 24.3 Å². The zero-order valence-electron chi connectivity index (χ0n) is 10.7. The predicted octanol–water partition coefficient (Wildman–Crippen LogP) is 1.57. The van der Waals surface area contributed by atoms with Gasteiger partial charge in [-0.25, -0.2) is 9.97 Å². The van der Waals surface area contributed by atoms with E-state index in [0.29, 0.717) is 24.8 Å². The molecule has 0 aliphatic rings. The SMILES string of the molecule is COc1cnc(Nc2ccc(OCCN)cc2)nc1. The minimum absolute atomic E-state index is 0.500. The molecule has 0 saturated heterocycles. The maximum Gasteiger partial charge on any atom is 0.227 e. The first-order valence-electron chi connectivity index (χ1n) is 5.88. The van der Waals surface area contributed by atoms with E-state index in [4.69, 9.17) is 15.2 Å². The largest absolute Gasteiger partial charge is 0.494 e. The van der Waals surface area contributed by atoms with Gasteiger partial charge in [-0.3, -0.25) is 0 Å². The van der Waals surface area contributed by atoms with Crippen molar-refractivity contribution in [2.75, 3.05) is 25.6 Å². The summed E-state index contributed by atoms with van der Waals surface area (Å²) in [5.74, 6) is 1.92. The Labute approximate surface area is 111 Å². The molecular formula is C13H16N4O2. The minimum atomic E-state index is 0.500. The third-order valence-electron chi connectivity index (χ3n) is 2.36. The Morgan fingerprint density at radius 1 is 1.11 bits per heavy atom. The smallest absolute Gasteiger partial charge is 0.227 e. The third kappa shape index (κ3) is 3.82. The van der Waals surface area contributed by atoms with Crippen LogP contribution in [0.15, 0.2) is 36.7 Å². The summed E-state index contributed by atoms with van der Waals surface area (Å²) < 4.78 is 10.4. The van der Waals surface area contributed by atoms with Crippen LogP contribution >= 0.6 is 0 Å².